The molecule has 0 aliphatic rings. The summed E-state index contributed by atoms with van der Waals surface area (Å²) in [5, 5.41) is 2.68. The smallest absolute Gasteiger partial charge is 0.251 e. The van der Waals surface area contributed by atoms with Gasteiger partial charge in [0.05, 0.1) is 5.69 Å². The molecule has 0 bridgehead atoms. The zero-order chi connectivity index (χ0) is 23.4. The molecule has 3 N–H and O–H groups in total. The summed E-state index contributed by atoms with van der Waals surface area (Å²) >= 11 is 0. The average Bonchev–Trinajstić information content (AvgIpc) is 2.79. The Morgan fingerprint density at radius 3 is 2.55 bits per heavy atom. The summed E-state index contributed by atoms with van der Waals surface area (Å²) in [5.41, 5.74) is 8.42. The molecule has 0 saturated heterocycles. The molecule has 6 nitrogen and oxygen atoms in total. The Labute approximate surface area is 189 Å². The number of hydrogen-bond donors (Lipinski definition) is 2. The molecule has 4 aromatic rings. The van der Waals surface area contributed by atoms with Gasteiger partial charge in [-0.1, -0.05) is 6.07 Å². The zero-order valence-electron chi connectivity index (χ0n) is 17.7. The zero-order valence-corrected chi connectivity index (χ0v) is 17.7. The Bertz CT molecular complexity index is 1290. The second-order valence-electron chi connectivity index (χ2n) is 7.34. The van der Waals surface area contributed by atoms with Gasteiger partial charge in [-0.05, 0) is 55.0 Å². The number of nitrogens with two attached hydrogens (primary N) is 1. The van der Waals surface area contributed by atoms with Crippen LogP contribution in [0.1, 0.15) is 21.5 Å². The minimum Gasteiger partial charge on any atom is -0.457 e. The van der Waals surface area contributed by atoms with Crippen LogP contribution in [0.3, 0.4) is 0 Å². The third-order valence-corrected chi connectivity index (χ3v) is 4.95. The van der Waals surface area contributed by atoms with Crippen molar-refractivity contribution in [2.45, 2.75) is 13.5 Å². The summed E-state index contributed by atoms with van der Waals surface area (Å²) in [4.78, 5) is 21.1. The highest BCUT2D eigenvalue weighted by Crippen LogP contribution is 2.29. The van der Waals surface area contributed by atoms with Crippen molar-refractivity contribution in [1.29, 1.82) is 0 Å². The van der Waals surface area contributed by atoms with E-state index in [1.54, 1.807) is 55.7 Å². The maximum atomic E-state index is 13.4. The lowest BCUT2D eigenvalue weighted by Gasteiger charge is -2.13. The predicted octanol–water partition coefficient (Wildman–Crippen LogP) is 5.03. The molecule has 4 rings (SSSR count). The van der Waals surface area contributed by atoms with Gasteiger partial charge in [-0.3, -0.25) is 9.78 Å². The van der Waals surface area contributed by atoms with Crippen LogP contribution in [0, 0.1) is 18.6 Å². The van der Waals surface area contributed by atoms with E-state index >= 15 is 0 Å². The number of hydrogen-bond acceptors (Lipinski definition) is 5. The molecule has 0 aliphatic heterocycles. The molecule has 0 saturated carbocycles. The van der Waals surface area contributed by atoms with Gasteiger partial charge >= 0.3 is 0 Å². The first-order chi connectivity index (χ1) is 15.9. The first-order valence-corrected chi connectivity index (χ1v) is 10.1. The van der Waals surface area contributed by atoms with E-state index in [1.165, 1.54) is 12.1 Å². The highest BCUT2D eigenvalue weighted by atomic mass is 19.1. The fourth-order valence-electron chi connectivity index (χ4n) is 3.28. The van der Waals surface area contributed by atoms with Crippen molar-refractivity contribution >= 4 is 11.7 Å². The van der Waals surface area contributed by atoms with E-state index in [-0.39, 0.29) is 12.5 Å². The molecule has 0 radical (unpaired) electrons. The van der Waals surface area contributed by atoms with E-state index in [1.807, 2.05) is 6.07 Å². The number of carbonyl (C=O) groups is 1. The number of halogens is 2. The van der Waals surface area contributed by atoms with Crippen LogP contribution in [0.2, 0.25) is 0 Å². The number of nitrogen functional groups attached to an aromatic ring is 1. The molecule has 2 heterocycles. The lowest BCUT2D eigenvalue weighted by Crippen LogP contribution is -2.23. The molecule has 0 atom stereocenters. The van der Waals surface area contributed by atoms with E-state index in [0.29, 0.717) is 39.7 Å². The highest BCUT2D eigenvalue weighted by Gasteiger charge is 2.14. The lowest BCUT2D eigenvalue weighted by molar-refractivity contribution is 0.0950. The number of ether oxygens (including phenoxy) is 1. The van der Waals surface area contributed by atoms with Gasteiger partial charge in [0.15, 0.2) is 0 Å². The molecule has 166 valence electrons. The molecule has 0 fully saturated rings. The summed E-state index contributed by atoms with van der Waals surface area (Å²) < 4.78 is 32.8. The van der Waals surface area contributed by atoms with Crippen LogP contribution < -0.4 is 15.8 Å². The number of aromatic nitrogens is 2. The summed E-state index contributed by atoms with van der Waals surface area (Å²) in [6.45, 7) is 1.75. The molecular formula is C25H20F2N4O2. The summed E-state index contributed by atoms with van der Waals surface area (Å²) in [6.07, 6.45) is 3.24. The fraction of sp³-hybridized carbons (Fsp3) is 0.0800. The second-order valence-corrected chi connectivity index (χ2v) is 7.34. The molecule has 33 heavy (non-hydrogen) atoms. The monoisotopic (exact) mass is 446 g/mol. The third kappa shape index (κ3) is 5.30. The number of nitrogens with one attached hydrogen (secondary N) is 1. The number of anilines is 1. The number of pyridine rings is 2. The van der Waals surface area contributed by atoms with Gasteiger partial charge < -0.3 is 15.8 Å². The van der Waals surface area contributed by atoms with Crippen LogP contribution in [0.15, 0.2) is 73.1 Å². The molecule has 1 amide bonds. The largest absolute Gasteiger partial charge is 0.457 e. The number of carbonyl (C=O) groups excluding carboxylic acids is 1. The van der Waals surface area contributed by atoms with E-state index in [4.69, 9.17) is 10.5 Å². The Morgan fingerprint density at radius 2 is 1.82 bits per heavy atom. The van der Waals surface area contributed by atoms with Gasteiger partial charge in [-0.25, -0.2) is 13.8 Å². The Hall–Kier alpha value is -4.33. The average molecular weight is 446 g/mol. The molecule has 0 aliphatic carbocycles. The molecule has 2 aromatic heterocycles. The van der Waals surface area contributed by atoms with Crippen molar-refractivity contribution in [3.8, 4) is 22.8 Å². The van der Waals surface area contributed by atoms with Crippen molar-refractivity contribution < 1.29 is 18.3 Å². The summed E-state index contributed by atoms with van der Waals surface area (Å²) in [6, 6.07) is 15.2. The number of rotatable bonds is 6. The quantitative estimate of drug-likeness (QED) is 0.433. The van der Waals surface area contributed by atoms with Crippen LogP contribution in [0.5, 0.6) is 11.5 Å². The first kappa shape index (κ1) is 21.9. The van der Waals surface area contributed by atoms with Crippen LogP contribution >= 0.6 is 0 Å². The highest BCUT2D eigenvalue weighted by molar-refractivity contribution is 5.96. The Morgan fingerprint density at radius 1 is 1.03 bits per heavy atom. The molecule has 2 aromatic carbocycles. The van der Waals surface area contributed by atoms with Crippen molar-refractivity contribution in [1.82, 2.24) is 15.3 Å². The van der Waals surface area contributed by atoms with Gasteiger partial charge in [-0.15, -0.1) is 0 Å². The standard InChI is InChI=1S/C25H20F2N4O2/c1-15-21(25(32)31-13-16-9-18(26)11-19(27)10-16)3-2-4-23(15)33-20-7-8-29-22(12-20)17-5-6-24(28)30-14-17/h2-12,14H,13H2,1H3,(H2,28,30)(H,31,32). The van der Waals surface area contributed by atoms with E-state index in [9.17, 15) is 13.6 Å². The van der Waals surface area contributed by atoms with Crippen LogP contribution in [0.25, 0.3) is 11.3 Å². The van der Waals surface area contributed by atoms with Crippen LogP contribution in [-0.4, -0.2) is 15.9 Å². The van der Waals surface area contributed by atoms with Gasteiger partial charge in [0, 0.05) is 47.8 Å². The van der Waals surface area contributed by atoms with Crippen LogP contribution in [-0.2, 0) is 6.54 Å². The molecule has 8 heteroatoms. The second kappa shape index (κ2) is 9.44. The summed E-state index contributed by atoms with van der Waals surface area (Å²) in [7, 11) is 0. The van der Waals surface area contributed by atoms with Crippen molar-refractivity contribution in [3.63, 3.8) is 0 Å². The fourth-order valence-corrected chi connectivity index (χ4v) is 3.28. The topological polar surface area (TPSA) is 90.1 Å². The predicted molar refractivity (Wildman–Crippen MR) is 121 cm³/mol. The lowest BCUT2D eigenvalue weighted by atomic mass is 10.1. The van der Waals surface area contributed by atoms with Gasteiger partial charge in [0.25, 0.3) is 5.91 Å². The molecular weight excluding hydrogens is 426 g/mol. The van der Waals surface area contributed by atoms with E-state index in [2.05, 4.69) is 15.3 Å². The van der Waals surface area contributed by atoms with Crippen LogP contribution in [0.4, 0.5) is 14.6 Å². The number of nitrogens with zero attached hydrogens (tertiary/aromatic N) is 2. The summed E-state index contributed by atoms with van der Waals surface area (Å²) in [5.74, 6) is -0.334. The molecule has 0 unspecified atom stereocenters. The first-order valence-electron chi connectivity index (χ1n) is 10.1. The molecule has 0 spiro atoms. The van der Waals surface area contributed by atoms with Crippen molar-refractivity contribution in [3.05, 3.63) is 101 Å². The van der Waals surface area contributed by atoms with E-state index in [0.717, 1.165) is 11.6 Å². The number of amides is 1. The van der Waals surface area contributed by atoms with Gasteiger partial charge in [-0.2, -0.15) is 0 Å². The SMILES string of the molecule is Cc1c(Oc2ccnc(-c3ccc(N)nc3)c2)cccc1C(=O)NCc1cc(F)cc(F)c1. The van der Waals surface area contributed by atoms with Gasteiger partial charge in [0.2, 0.25) is 0 Å². The van der Waals surface area contributed by atoms with Crippen molar-refractivity contribution in [2.24, 2.45) is 0 Å². The third-order valence-electron chi connectivity index (χ3n) is 4.95. The van der Waals surface area contributed by atoms with Gasteiger partial charge in [0.1, 0.15) is 29.0 Å². The Kier molecular flexibility index (Phi) is 6.26. The minimum absolute atomic E-state index is 0.0125. The Balaban J connectivity index is 1.50. The number of benzene rings is 2. The van der Waals surface area contributed by atoms with Crippen molar-refractivity contribution in [2.75, 3.05) is 5.73 Å². The maximum absolute atomic E-state index is 13.4. The maximum Gasteiger partial charge on any atom is 0.251 e. The normalized spacial score (nSPS) is 10.6. The minimum atomic E-state index is -0.697. The van der Waals surface area contributed by atoms with E-state index < -0.39 is 11.6 Å².